The second kappa shape index (κ2) is 4.40. The van der Waals surface area contributed by atoms with E-state index in [4.69, 9.17) is 9.84 Å². The molecule has 1 saturated heterocycles. The molecule has 0 aliphatic carbocycles. The van der Waals surface area contributed by atoms with Crippen LogP contribution in [0.2, 0.25) is 0 Å². The zero-order valence-corrected chi connectivity index (χ0v) is 8.67. The molecule has 1 atom stereocenters. The molecule has 0 bridgehead atoms. The minimum absolute atomic E-state index is 0.00811. The lowest BCUT2D eigenvalue weighted by molar-refractivity contribution is 0.122. The number of phenolic OH excluding ortho intramolecular Hbond substituents is 1. The van der Waals surface area contributed by atoms with Gasteiger partial charge in [0.1, 0.15) is 11.9 Å². The Morgan fingerprint density at radius 1 is 1.50 bits per heavy atom. The van der Waals surface area contributed by atoms with Gasteiger partial charge >= 0.3 is 6.09 Å². The number of nitrogens with zero attached hydrogens (tertiary/aromatic N) is 1. The molecule has 1 aromatic rings. The van der Waals surface area contributed by atoms with E-state index in [0.717, 1.165) is 0 Å². The minimum atomic E-state index is -0.441. The molecule has 5 heteroatoms. The average Bonchev–Trinajstić information content (AvgIpc) is 2.60. The van der Waals surface area contributed by atoms with Crippen LogP contribution in [0.4, 0.5) is 10.5 Å². The van der Waals surface area contributed by atoms with Gasteiger partial charge in [-0.2, -0.15) is 0 Å². The standard InChI is InChI=1S/C11H13NO4/c13-5-4-10-7-12(11(15)16-10)8-2-1-3-9(14)6-8/h1-3,6,10,13-14H,4-5,7H2. The van der Waals surface area contributed by atoms with Gasteiger partial charge in [0.25, 0.3) is 0 Å². The monoisotopic (exact) mass is 223 g/mol. The lowest BCUT2D eigenvalue weighted by Crippen LogP contribution is -2.24. The third kappa shape index (κ3) is 2.09. The topological polar surface area (TPSA) is 70.0 Å². The van der Waals surface area contributed by atoms with Gasteiger partial charge in [0, 0.05) is 19.1 Å². The molecule has 1 aliphatic heterocycles. The summed E-state index contributed by atoms with van der Waals surface area (Å²) in [6.07, 6.45) is -0.287. The Balaban J connectivity index is 2.13. The maximum absolute atomic E-state index is 11.5. The second-order valence-corrected chi connectivity index (χ2v) is 3.65. The number of benzene rings is 1. The first kappa shape index (κ1) is 10.8. The highest BCUT2D eigenvalue weighted by Crippen LogP contribution is 2.25. The van der Waals surface area contributed by atoms with Gasteiger partial charge in [-0.25, -0.2) is 4.79 Å². The van der Waals surface area contributed by atoms with E-state index in [-0.39, 0.29) is 18.5 Å². The zero-order valence-electron chi connectivity index (χ0n) is 8.67. The van der Waals surface area contributed by atoms with Crippen LogP contribution in [-0.2, 0) is 4.74 Å². The molecule has 2 N–H and O–H groups in total. The van der Waals surface area contributed by atoms with Gasteiger partial charge in [0.15, 0.2) is 0 Å². The number of rotatable bonds is 3. The number of hydrogen-bond acceptors (Lipinski definition) is 4. The quantitative estimate of drug-likeness (QED) is 0.805. The Kier molecular flexibility index (Phi) is 2.96. The lowest BCUT2D eigenvalue weighted by atomic mass is 10.2. The molecule has 16 heavy (non-hydrogen) atoms. The van der Waals surface area contributed by atoms with Gasteiger partial charge in [-0.1, -0.05) is 6.07 Å². The summed E-state index contributed by atoms with van der Waals surface area (Å²) in [4.78, 5) is 13.0. The summed E-state index contributed by atoms with van der Waals surface area (Å²) in [5.41, 5.74) is 0.602. The van der Waals surface area contributed by atoms with Crippen LogP contribution in [-0.4, -0.2) is 35.6 Å². The Bertz CT molecular complexity index is 393. The Morgan fingerprint density at radius 3 is 3.00 bits per heavy atom. The third-order valence-corrected chi connectivity index (χ3v) is 2.47. The highest BCUT2D eigenvalue weighted by Gasteiger charge is 2.31. The van der Waals surface area contributed by atoms with Crippen LogP contribution in [0.1, 0.15) is 6.42 Å². The highest BCUT2D eigenvalue weighted by atomic mass is 16.6. The number of carbonyl (C=O) groups is 1. The molecule has 1 amide bonds. The summed E-state index contributed by atoms with van der Waals surface area (Å²) in [6, 6.07) is 6.43. The summed E-state index contributed by atoms with van der Waals surface area (Å²) in [6.45, 7) is 0.397. The van der Waals surface area contributed by atoms with Crippen LogP contribution in [0.5, 0.6) is 5.75 Å². The molecule has 1 aliphatic rings. The van der Waals surface area contributed by atoms with Gasteiger partial charge in [-0.05, 0) is 12.1 Å². The highest BCUT2D eigenvalue weighted by molar-refractivity contribution is 5.89. The first-order valence-corrected chi connectivity index (χ1v) is 5.09. The normalized spacial score (nSPS) is 19.9. The molecule has 1 aromatic carbocycles. The van der Waals surface area contributed by atoms with Crippen LogP contribution in [0.25, 0.3) is 0 Å². The smallest absolute Gasteiger partial charge is 0.414 e. The Labute approximate surface area is 92.9 Å². The molecule has 0 radical (unpaired) electrons. The number of amides is 1. The minimum Gasteiger partial charge on any atom is -0.508 e. The van der Waals surface area contributed by atoms with E-state index in [1.807, 2.05) is 0 Å². The van der Waals surface area contributed by atoms with Crippen molar-refractivity contribution in [2.45, 2.75) is 12.5 Å². The summed E-state index contributed by atoms with van der Waals surface area (Å²) in [5.74, 6) is 0.107. The van der Waals surface area contributed by atoms with Gasteiger partial charge in [0.2, 0.25) is 0 Å². The number of cyclic esters (lactones) is 1. The van der Waals surface area contributed by atoms with Crippen LogP contribution < -0.4 is 4.90 Å². The SMILES string of the molecule is O=C1OC(CCO)CN1c1cccc(O)c1. The average molecular weight is 223 g/mol. The number of anilines is 1. The van der Waals surface area contributed by atoms with Crippen LogP contribution in [0.15, 0.2) is 24.3 Å². The van der Waals surface area contributed by atoms with E-state index >= 15 is 0 Å². The van der Waals surface area contributed by atoms with Gasteiger partial charge in [-0.3, -0.25) is 4.90 Å². The fraction of sp³-hybridized carbons (Fsp3) is 0.364. The van der Waals surface area contributed by atoms with Crippen LogP contribution in [0, 0.1) is 0 Å². The molecular weight excluding hydrogens is 210 g/mol. The van der Waals surface area contributed by atoms with Crippen molar-refractivity contribution in [2.24, 2.45) is 0 Å². The van der Waals surface area contributed by atoms with Crippen LogP contribution in [0.3, 0.4) is 0 Å². The van der Waals surface area contributed by atoms with Gasteiger partial charge in [-0.15, -0.1) is 0 Å². The number of aliphatic hydroxyl groups excluding tert-OH is 1. The summed E-state index contributed by atoms with van der Waals surface area (Å²) in [7, 11) is 0. The van der Waals surface area contributed by atoms with E-state index in [1.54, 1.807) is 12.1 Å². The molecule has 0 spiro atoms. The molecular formula is C11H13NO4. The second-order valence-electron chi connectivity index (χ2n) is 3.65. The molecule has 1 heterocycles. The van der Waals surface area contributed by atoms with Crippen molar-refractivity contribution in [3.63, 3.8) is 0 Å². The Morgan fingerprint density at radius 2 is 2.31 bits per heavy atom. The first-order valence-electron chi connectivity index (χ1n) is 5.09. The number of aromatic hydroxyl groups is 1. The van der Waals surface area contributed by atoms with E-state index in [9.17, 15) is 9.90 Å². The predicted octanol–water partition coefficient (Wildman–Crippen LogP) is 1.10. The number of ether oxygens (including phenoxy) is 1. The lowest BCUT2D eigenvalue weighted by Gasteiger charge is -2.12. The number of carbonyl (C=O) groups excluding carboxylic acids is 1. The number of phenols is 1. The van der Waals surface area contributed by atoms with Crippen molar-refractivity contribution >= 4 is 11.8 Å². The molecule has 0 aromatic heterocycles. The molecule has 1 unspecified atom stereocenters. The first-order chi connectivity index (χ1) is 7.70. The maximum Gasteiger partial charge on any atom is 0.414 e. The fourth-order valence-electron chi connectivity index (χ4n) is 1.69. The molecule has 2 rings (SSSR count). The van der Waals surface area contributed by atoms with Crippen molar-refractivity contribution in [1.82, 2.24) is 0 Å². The van der Waals surface area contributed by atoms with Crippen molar-refractivity contribution in [3.8, 4) is 5.75 Å². The number of aliphatic hydroxyl groups is 1. The predicted molar refractivity (Wildman–Crippen MR) is 57.4 cm³/mol. The van der Waals surface area contributed by atoms with Gasteiger partial charge in [0.05, 0.1) is 12.2 Å². The summed E-state index contributed by atoms with van der Waals surface area (Å²) in [5, 5.41) is 18.1. The summed E-state index contributed by atoms with van der Waals surface area (Å²) < 4.78 is 5.05. The molecule has 0 saturated carbocycles. The fourth-order valence-corrected chi connectivity index (χ4v) is 1.69. The molecule has 5 nitrogen and oxygen atoms in total. The maximum atomic E-state index is 11.5. The largest absolute Gasteiger partial charge is 0.508 e. The van der Waals surface area contributed by atoms with Gasteiger partial charge < -0.3 is 14.9 Å². The van der Waals surface area contributed by atoms with Crippen molar-refractivity contribution in [1.29, 1.82) is 0 Å². The molecule has 1 fully saturated rings. The third-order valence-electron chi connectivity index (χ3n) is 2.47. The molecule has 86 valence electrons. The van der Waals surface area contributed by atoms with E-state index in [1.165, 1.54) is 17.0 Å². The van der Waals surface area contributed by atoms with E-state index < -0.39 is 6.09 Å². The Hall–Kier alpha value is -1.75. The summed E-state index contributed by atoms with van der Waals surface area (Å²) >= 11 is 0. The van der Waals surface area contributed by atoms with Crippen molar-refractivity contribution in [3.05, 3.63) is 24.3 Å². The number of hydrogen-bond donors (Lipinski definition) is 2. The van der Waals surface area contributed by atoms with E-state index in [0.29, 0.717) is 18.7 Å². The van der Waals surface area contributed by atoms with Crippen molar-refractivity contribution in [2.75, 3.05) is 18.1 Å². The van der Waals surface area contributed by atoms with E-state index in [2.05, 4.69) is 0 Å². The zero-order chi connectivity index (χ0) is 11.5. The van der Waals surface area contributed by atoms with Crippen LogP contribution >= 0.6 is 0 Å². The van der Waals surface area contributed by atoms with Crippen molar-refractivity contribution < 1.29 is 19.7 Å².